The van der Waals surface area contributed by atoms with Crippen molar-refractivity contribution in [2.75, 3.05) is 0 Å². The Labute approximate surface area is 223 Å². The van der Waals surface area contributed by atoms with Crippen molar-refractivity contribution in [2.24, 2.45) is 0 Å². The van der Waals surface area contributed by atoms with Crippen molar-refractivity contribution in [3.05, 3.63) is 143 Å². The minimum Gasteiger partial charge on any atom is -0.508 e. The average Bonchev–Trinajstić information content (AvgIpc) is 2.96. The zero-order valence-corrected chi connectivity index (χ0v) is 20.6. The molecule has 6 aromatic carbocycles. The van der Waals surface area contributed by atoms with E-state index in [9.17, 15) is 20.1 Å². The maximum Gasteiger partial charge on any atom is 0.335 e. The minimum absolute atomic E-state index is 0.164. The van der Waals surface area contributed by atoms with Crippen LogP contribution in [0.1, 0.15) is 32.6 Å². The highest BCUT2D eigenvalue weighted by atomic mass is 16.5. The van der Waals surface area contributed by atoms with Crippen molar-refractivity contribution in [1.82, 2.24) is 0 Å². The molecular weight excluding hydrogens is 488 g/mol. The Kier molecular flexibility index (Phi) is 4.91. The van der Waals surface area contributed by atoms with Crippen LogP contribution in [0, 0.1) is 0 Å². The van der Waals surface area contributed by atoms with Crippen LogP contribution in [0.2, 0.25) is 0 Å². The number of rotatable bonds is 3. The van der Waals surface area contributed by atoms with Crippen LogP contribution in [-0.4, -0.2) is 21.3 Å². The normalized spacial score (nSPS) is 13.4. The number of carboxylic acids is 1. The van der Waals surface area contributed by atoms with Crippen molar-refractivity contribution in [3.63, 3.8) is 0 Å². The van der Waals surface area contributed by atoms with Gasteiger partial charge in [-0.2, -0.15) is 0 Å². The second-order valence-corrected chi connectivity index (χ2v) is 9.79. The van der Waals surface area contributed by atoms with Gasteiger partial charge in [-0.05, 0) is 81.2 Å². The molecule has 7 rings (SSSR count). The summed E-state index contributed by atoms with van der Waals surface area (Å²) < 4.78 is 6.60. The van der Waals surface area contributed by atoms with Crippen LogP contribution >= 0.6 is 0 Å². The van der Waals surface area contributed by atoms with Crippen LogP contribution < -0.4 is 4.74 Å². The third-order valence-electron chi connectivity index (χ3n) is 7.67. The van der Waals surface area contributed by atoms with E-state index in [2.05, 4.69) is 12.1 Å². The van der Waals surface area contributed by atoms with Crippen LogP contribution in [0.4, 0.5) is 0 Å². The van der Waals surface area contributed by atoms with Crippen molar-refractivity contribution in [3.8, 4) is 23.0 Å². The summed E-state index contributed by atoms with van der Waals surface area (Å²) in [6.07, 6.45) is 0. The summed E-state index contributed by atoms with van der Waals surface area (Å²) >= 11 is 0. The molecular formula is C34H22O5. The molecule has 1 aliphatic rings. The first kappa shape index (κ1) is 22.9. The Hall–Kier alpha value is -5.29. The third kappa shape index (κ3) is 3.30. The fraction of sp³-hybridized carbons (Fsp3) is 0.0294. The van der Waals surface area contributed by atoms with E-state index in [-0.39, 0.29) is 17.1 Å². The predicted molar refractivity (Wildman–Crippen MR) is 150 cm³/mol. The predicted octanol–water partition coefficient (Wildman–Crippen LogP) is 7.59. The summed E-state index contributed by atoms with van der Waals surface area (Å²) in [5.41, 5.74) is 2.89. The number of aromatic hydroxyl groups is 2. The van der Waals surface area contributed by atoms with Gasteiger partial charge in [0.15, 0.2) is 0 Å². The van der Waals surface area contributed by atoms with E-state index in [0.29, 0.717) is 11.5 Å². The van der Waals surface area contributed by atoms with Gasteiger partial charge >= 0.3 is 5.97 Å². The van der Waals surface area contributed by atoms with Gasteiger partial charge in [0.1, 0.15) is 23.0 Å². The molecule has 0 spiro atoms. The van der Waals surface area contributed by atoms with Gasteiger partial charge < -0.3 is 20.1 Å². The van der Waals surface area contributed by atoms with E-state index in [1.165, 1.54) is 0 Å². The summed E-state index contributed by atoms with van der Waals surface area (Å²) in [6, 6.07) is 35.4. The molecule has 0 saturated heterocycles. The van der Waals surface area contributed by atoms with Crippen LogP contribution in [0.25, 0.3) is 21.5 Å². The number of hydrogen-bond acceptors (Lipinski definition) is 4. The number of carboxylic acid groups (broad SMARTS) is 1. The monoisotopic (exact) mass is 510 g/mol. The standard InChI is InChI=1S/C34H22O5/c35-25-12-14-27-21(18-25)8-16-29-31(27)34(23-4-2-1-3-5-23,24-10-6-20(7-11-24)33(37)38)32-28-15-13-26(36)19-22(28)9-17-30(32)39-29/h1-19,35-36H,(H,37,38). The SMILES string of the molecule is O=C(O)c1ccc(C2(c3ccccc3)c3c(ccc4cc(O)ccc34)Oc3ccc4cc(O)ccc4c32)cc1. The van der Waals surface area contributed by atoms with E-state index < -0.39 is 11.4 Å². The molecule has 0 radical (unpaired) electrons. The molecule has 0 amide bonds. The fourth-order valence-corrected chi connectivity index (χ4v) is 6.08. The molecule has 1 heterocycles. The molecule has 5 heteroatoms. The smallest absolute Gasteiger partial charge is 0.335 e. The molecule has 1 aliphatic heterocycles. The van der Waals surface area contributed by atoms with Gasteiger partial charge in [-0.3, -0.25) is 0 Å². The molecule has 0 fully saturated rings. The van der Waals surface area contributed by atoms with Gasteiger partial charge in [0.05, 0.1) is 11.0 Å². The van der Waals surface area contributed by atoms with Gasteiger partial charge in [-0.1, -0.05) is 66.7 Å². The molecule has 0 bridgehead atoms. The van der Waals surface area contributed by atoms with Crippen molar-refractivity contribution < 1.29 is 24.9 Å². The lowest BCUT2D eigenvalue weighted by atomic mass is 9.61. The lowest BCUT2D eigenvalue weighted by molar-refractivity contribution is 0.0697. The largest absolute Gasteiger partial charge is 0.508 e. The molecule has 0 saturated carbocycles. The number of carbonyl (C=O) groups is 1. The highest BCUT2D eigenvalue weighted by molar-refractivity contribution is 5.99. The third-order valence-corrected chi connectivity index (χ3v) is 7.67. The molecule has 3 N–H and O–H groups in total. The zero-order chi connectivity index (χ0) is 26.7. The summed E-state index contributed by atoms with van der Waals surface area (Å²) in [4.78, 5) is 11.8. The molecule has 188 valence electrons. The number of aromatic carboxylic acids is 1. The maximum atomic E-state index is 11.8. The summed E-state index contributed by atoms with van der Waals surface area (Å²) in [7, 11) is 0. The Morgan fingerprint density at radius 3 is 1.62 bits per heavy atom. The zero-order valence-electron chi connectivity index (χ0n) is 20.6. The lowest BCUT2D eigenvalue weighted by Crippen LogP contribution is -2.34. The van der Waals surface area contributed by atoms with E-state index in [0.717, 1.165) is 43.8 Å². The van der Waals surface area contributed by atoms with Gasteiger partial charge in [-0.25, -0.2) is 4.79 Å². The minimum atomic E-state index is -0.995. The second-order valence-electron chi connectivity index (χ2n) is 9.79. The number of hydrogen-bond donors (Lipinski definition) is 3. The second kappa shape index (κ2) is 8.36. The van der Waals surface area contributed by atoms with Gasteiger partial charge in [0.2, 0.25) is 0 Å². The molecule has 5 nitrogen and oxygen atoms in total. The van der Waals surface area contributed by atoms with Crippen LogP contribution in [0.3, 0.4) is 0 Å². The van der Waals surface area contributed by atoms with Crippen LogP contribution in [0.15, 0.2) is 115 Å². The molecule has 0 aromatic heterocycles. The number of phenols is 2. The maximum absolute atomic E-state index is 11.8. The van der Waals surface area contributed by atoms with Crippen molar-refractivity contribution in [2.45, 2.75) is 5.41 Å². The van der Waals surface area contributed by atoms with Crippen molar-refractivity contribution >= 4 is 27.5 Å². The Morgan fingerprint density at radius 1 is 0.590 bits per heavy atom. The Morgan fingerprint density at radius 2 is 1.10 bits per heavy atom. The van der Waals surface area contributed by atoms with E-state index in [1.54, 1.807) is 36.4 Å². The fourth-order valence-electron chi connectivity index (χ4n) is 6.08. The van der Waals surface area contributed by atoms with Gasteiger partial charge in [-0.15, -0.1) is 0 Å². The van der Waals surface area contributed by atoms with E-state index >= 15 is 0 Å². The van der Waals surface area contributed by atoms with E-state index in [1.807, 2.05) is 66.7 Å². The van der Waals surface area contributed by atoms with Gasteiger partial charge in [0, 0.05) is 11.1 Å². The molecule has 39 heavy (non-hydrogen) atoms. The first-order chi connectivity index (χ1) is 19.0. The topological polar surface area (TPSA) is 87.0 Å². The number of fused-ring (bicyclic) bond motifs is 6. The highest BCUT2D eigenvalue weighted by Crippen LogP contribution is 2.59. The Balaban J connectivity index is 1.73. The summed E-state index contributed by atoms with van der Waals surface area (Å²) in [5.74, 6) is 0.674. The Bertz CT molecular complexity index is 1830. The number of phenolic OH excluding ortho intramolecular Hbond substituents is 2. The van der Waals surface area contributed by atoms with Crippen LogP contribution in [-0.2, 0) is 5.41 Å². The number of benzene rings is 6. The lowest BCUT2D eigenvalue weighted by Gasteiger charge is -2.43. The quantitative estimate of drug-likeness (QED) is 0.228. The molecule has 6 aromatic rings. The van der Waals surface area contributed by atoms with Crippen LogP contribution in [0.5, 0.6) is 23.0 Å². The number of ether oxygens (including phenoxy) is 1. The van der Waals surface area contributed by atoms with Crippen molar-refractivity contribution in [1.29, 1.82) is 0 Å². The molecule has 0 unspecified atom stereocenters. The van der Waals surface area contributed by atoms with Gasteiger partial charge in [0.25, 0.3) is 0 Å². The average molecular weight is 511 g/mol. The summed E-state index contributed by atoms with van der Waals surface area (Å²) in [5, 5.41) is 33.7. The first-order valence-electron chi connectivity index (χ1n) is 12.6. The van der Waals surface area contributed by atoms with E-state index in [4.69, 9.17) is 4.74 Å². The first-order valence-corrected chi connectivity index (χ1v) is 12.6. The summed E-state index contributed by atoms with van der Waals surface area (Å²) in [6.45, 7) is 0. The molecule has 0 atom stereocenters. The molecule has 0 aliphatic carbocycles. The highest BCUT2D eigenvalue weighted by Gasteiger charge is 2.47.